The first-order valence-electron chi connectivity index (χ1n) is 6.50. The van der Waals surface area contributed by atoms with Crippen LogP contribution < -0.4 is 5.32 Å². The van der Waals surface area contributed by atoms with Gasteiger partial charge in [-0.2, -0.15) is 0 Å². The van der Waals surface area contributed by atoms with Crippen LogP contribution in [-0.4, -0.2) is 27.4 Å². The van der Waals surface area contributed by atoms with E-state index in [2.05, 4.69) is 20.5 Å². The summed E-state index contributed by atoms with van der Waals surface area (Å²) in [6.07, 6.45) is 5.85. The number of nitrogens with zero attached hydrogens (tertiary/aromatic N) is 2. The Balaban J connectivity index is 1.57. The first-order valence-corrected chi connectivity index (χ1v) is 7.32. The first kappa shape index (κ1) is 13.0. The fraction of sp³-hybridized carbons (Fsp3) is 0.385. The summed E-state index contributed by atoms with van der Waals surface area (Å²) in [5, 5.41) is 12.9. The Morgan fingerprint density at radius 3 is 3.00 bits per heavy atom. The van der Waals surface area contributed by atoms with E-state index < -0.39 is 0 Å². The number of carbonyl (C=O) groups is 2. The van der Waals surface area contributed by atoms with Crippen LogP contribution in [0.4, 0.5) is 0 Å². The van der Waals surface area contributed by atoms with E-state index in [-0.39, 0.29) is 5.91 Å². The molecule has 0 aromatic carbocycles. The van der Waals surface area contributed by atoms with E-state index in [1.807, 2.05) is 0 Å². The average Bonchev–Trinajstić information content (AvgIpc) is 3.03. The summed E-state index contributed by atoms with van der Waals surface area (Å²) in [5.41, 5.74) is 0.828. The van der Waals surface area contributed by atoms with E-state index in [9.17, 15) is 9.59 Å². The smallest absolute Gasteiger partial charge is 0.268 e. The van der Waals surface area contributed by atoms with Crippen LogP contribution in [0.3, 0.4) is 0 Å². The van der Waals surface area contributed by atoms with Crippen LogP contribution >= 0.6 is 11.3 Å². The normalized spacial score (nSPS) is 14.8. The largest absolute Gasteiger partial charge is 0.357 e. The Kier molecular flexibility index (Phi) is 3.60. The van der Waals surface area contributed by atoms with Crippen LogP contribution in [0.25, 0.3) is 0 Å². The molecule has 2 N–H and O–H groups in total. The van der Waals surface area contributed by atoms with E-state index in [1.165, 1.54) is 31.5 Å². The molecule has 0 aliphatic heterocycles. The summed E-state index contributed by atoms with van der Waals surface area (Å²) in [4.78, 5) is 25.2. The Hall–Kier alpha value is -2.02. The molecule has 2 aromatic rings. The van der Waals surface area contributed by atoms with Crippen molar-refractivity contribution in [3.63, 3.8) is 0 Å². The molecule has 1 aliphatic rings. The molecule has 2 heterocycles. The maximum atomic E-state index is 11.9. The Morgan fingerprint density at radius 1 is 1.50 bits per heavy atom. The highest BCUT2D eigenvalue weighted by Crippen LogP contribution is 2.37. The minimum absolute atomic E-state index is 0.251. The van der Waals surface area contributed by atoms with Gasteiger partial charge in [0.2, 0.25) is 0 Å². The first-order chi connectivity index (χ1) is 9.76. The summed E-state index contributed by atoms with van der Waals surface area (Å²) in [6, 6.07) is 1.52. The molecule has 20 heavy (non-hydrogen) atoms. The summed E-state index contributed by atoms with van der Waals surface area (Å²) in [6.45, 7) is 0.360. The van der Waals surface area contributed by atoms with Gasteiger partial charge in [-0.25, -0.2) is 0 Å². The van der Waals surface area contributed by atoms with Crippen LogP contribution in [0.5, 0.6) is 0 Å². The molecule has 104 valence electrons. The summed E-state index contributed by atoms with van der Waals surface area (Å²) >= 11 is 1.56. The zero-order valence-electron chi connectivity index (χ0n) is 10.8. The third-order valence-corrected chi connectivity index (χ3v) is 4.51. The van der Waals surface area contributed by atoms with Crippen molar-refractivity contribution in [2.24, 2.45) is 0 Å². The van der Waals surface area contributed by atoms with Gasteiger partial charge in [0.1, 0.15) is 15.7 Å². The molecule has 1 saturated carbocycles. The third kappa shape index (κ3) is 2.62. The number of aromatic nitrogens is 3. The van der Waals surface area contributed by atoms with Crippen LogP contribution in [0, 0.1) is 0 Å². The van der Waals surface area contributed by atoms with Gasteiger partial charge in [0.25, 0.3) is 5.91 Å². The van der Waals surface area contributed by atoms with Crippen LogP contribution in [-0.2, 0) is 6.54 Å². The number of aromatic amines is 1. The number of nitrogens with one attached hydrogen (secondary N) is 2. The molecule has 7 heteroatoms. The minimum atomic E-state index is -0.251. The number of H-pyrrole nitrogens is 1. The lowest BCUT2D eigenvalue weighted by atomic mass is 9.86. The number of hydrogen-bond donors (Lipinski definition) is 2. The third-order valence-electron chi connectivity index (χ3n) is 3.42. The van der Waals surface area contributed by atoms with E-state index in [0.717, 1.165) is 10.0 Å². The van der Waals surface area contributed by atoms with Gasteiger partial charge in [0.15, 0.2) is 6.29 Å². The summed E-state index contributed by atoms with van der Waals surface area (Å²) in [5.74, 6) is 0.314. The molecule has 0 saturated heterocycles. The fourth-order valence-corrected chi connectivity index (χ4v) is 2.97. The predicted octanol–water partition coefficient (Wildman–Crippen LogP) is 1.88. The monoisotopic (exact) mass is 290 g/mol. The molecule has 2 aromatic heterocycles. The zero-order chi connectivity index (χ0) is 13.9. The van der Waals surface area contributed by atoms with E-state index in [0.29, 0.717) is 30.0 Å². The minimum Gasteiger partial charge on any atom is -0.357 e. The Morgan fingerprint density at radius 2 is 2.35 bits per heavy atom. The lowest BCUT2D eigenvalue weighted by Crippen LogP contribution is -2.22. The number of carbonyl (C=O) groups excluding carboxylic acids is 2. The molecule has 1 fully saturated rings. The van der Waals surface area contributed by atoms with Gasteiger partial charge < -0.3 is 10.3 Å². The topological polar surface area (TPSA) is 87.7 Å². The van der Waals surface area contributed by atoms with E-state index >= 15 is 0 Å². The molecule has 0 atom stereocenters. The second kappa shape index (κ2) is 5.54. The van der Waals surface area contributed by atoms with Gasteiger partial charge in [-0.3, -0.25) is 9.59 Å². The second-order valence-electron chi connectivity index (χ2n) is 4.81. The van der Waals surface area contributed by atoms with Gasteiger partial charge in [-0.15, -0.1) is 10.2 Å². The quantitative estimate of drug-likeness (QED) is 0.823. The maximum absolute atomic E-state index is 11.9. The highest BCUT2D eigenvalue weighted by atomic mass is 32.1. The average molecular weight is 290 g/mol. The van der Waals surface area contributed by atoms with Gasteiger partial charge in [-0.05, 0) is 18.9 Å². The summed E-state index contributed by atoms with van der Waals surface area (Å²) in [7, 11) is 0. The van der Waals surface area contributed by atoms with Crippen molar-refractivity contribution in [1.29, 1.82) is 0 Å². The number of rotatable bonds is 5. The number of amides is 1. The van der Waals surface area contributed by atoms with E-state index in [1.54, 1.807) is 11.3 Å². The maximum Gasteiger partial charge on any atom is 0.268 e. The zero-order valence-corrected chi connectivity index (χ0v) is 11.6. The summed E-state index contributed by atoms with van der Waals surface area (Å²) < 4.78 is 0. The Bertz CT molecular complexity index is 630. The highest BCUT2D eigenvalue weighted by Gasteiger charge is 2.23. The fourth-order valence-electron chi connectivity index (χ4n) is 2.02. The second-order valence-corrected chi connectivity index (χ2v) is 5.90. The van der Waals surface area contributed by atoms with E-state index in [4.69, 9.17) is 0 Å². The SMILES string of the molecule is O=Cc1c[nH]c(C(=O)NCc2nnc(C3CCC3)s2)c1. The molecule has 0 bridgehead atoms. The Labute approximate surface area is 119 Å². The van der Waals surface area contributed by atoms with Crippen molar-refractivity contribution in [3.8, 4) is 0 Å². The molecular weight excluding hydrogens is 276 g/mol. The van der Waals surface area contributed by atoms with Crippen molar-refractivity contribution in [1.82, 2.24) is 20.5 Å². The predicted molar refractivity (Wildman–Crippen MR) is 73.9 cm³/mol. The lowest BCUT2D eigenvalue weighted by Gasteiger charge is -2.21. The molecule has 1 amide bonds. The van der Waals surface area contributed by atoms with Gasteiger partial charge >= 0.3 is 0 Å². The van der Waals surface area contributed by atoms with Crippen molar-refractivity contribution >= 4 is 23.5 Å². The van der Waals surface area contributed by atoms with Gasteiger partial charge in [0.05, 0.1) is 6.54 Å². The van der Waals surface area contributed by atoms with Crippen LogP contribution in [0.15, 0.2) is 12.3 Å². The standard InChI is InChI=1S/C13H14N4O2S/c18-7-8-4-10(14-5-8)12(19)15-6-11-16-17-13(20-11)9-2-1-3-9/h4-5,7,9,14H,1-3,6H2,(H,15,19). The molecular formula is C13H14N4O2S. The van der Waals surface area contributed by atoms with Crippen molar-refractivity contribution in [2.75, 3.05) is 0 Å². The van der Waals surface area contributed by atoms with Gasteiger partial charge in [0, 0.05) is 17.7 Å². The molecule has 0 unspecified atom stereocenters. The van der Waals surface area contributed by atoms with Gasteiger partial charge in [-0.1, -0.05) is 17.8 Å². The number of hydrogen-bond acceptors (Lipinski definition) is 5. The molecule has 1 aliphatic carbocycles. The lowest BCUT2D eigenvalue weighted by molar-refractivity contribution is 0.0946. The van der Waals surface area contributed by atoms with Crippen molar-refractivity contribution < 1.29 is 9.59 Å². The highest BCUT2D eigenvalue weighted by molar-refractivity contribution is 7.11. The number of aldehydes is 1. The molecule has 3 rings (SSSR count). The van der Waals surface area contributed by atoms with Crippen molar-refractivity contribution in [2.45, 2.75) is 31.7 Å². The molecule has 0 radical (unpaired) electrons. The van der Waals surface area contributed by atoms with Crippen LogP contribution in [0.1, 0.15) is 56.0 Å². The van der Waals surface area contributed by atoms with Crippen molar-refractivity contribution in [3.05, 3.63) is 33.5 Å². The molecule has 0 spiro atoms. The molecule has 6 nitrogen and oxygen atoms in total. The van der Waals surface area contributed by atoms with Crippen LogP contribution in [0.2, 0.25) is 0 Å².